The van der Waals surface area contributed by atoms with Crippen molar-refractivity contribution in [1.29, 1.82) is 0 Å². The maximum Gasteiger partial charge on any atom is 0.164 e. The van der Waals surface area contributed by atoms with Gasteiger partial charge in [0.2, 0.25) is 0 Å². The van der Waals surface area contributed by atoms with E-state index in [1.165, 1.54) is 6.33 Å². The van der Waals surface area contributed by atoms with Gasteiger partial charge in [-0.05, 0) is 31.0 Å². The summed E-state index contributed by atoms with van der Waals surface area (Å²) in [5.41, 5.74) is 8.86. The zero-order chi connectivity index (χ0) is 16.4. The summed E-state index contributed by atoms with van der Waals surface area (Å²) in [5, 5.41) is 9.05. The molecule has 6 nitrogen and oxygen atoms in total. The quantitative estimate of drug-likeness (QED) is 0.775. The van der Waals surface area contributed by atoms with E-state index in [0.717, 1.165) is 48.2 Å². The third kappa shape index (κ3) is 2.76. The Morgan fingerprint density at radius 3 is 2.83 bits per heavy atom. The van der Waals surface area contributed by atoms with E-state index in [9.17, 15) is 0 Å². The molecule has 1 fully saturated rings. The van der Waals surface area contributed by atoms with E-state index in [1.54, 1.807) is 0 Å². The van der Waals surface area contributed by atoms with Gasteiger partial charge in [-0.15, -0.1) is 0 Å². The summed E-state index contributed by atoms with van der Waals surface area (Å²) in [6.45, 7) is 1.97. The molecule has 0 radical (unpaired) electrons. The molecule has 1 aliphatic heterocycles. The smallest absolute Gasteiger partial charge is 0.164 e. The molecular weight excluding hydrogens is 300 g/mol. The largest absolute Gasteiger partial charge is 0.383 e. The molecule has 6 heteroatoms. The molecule has 1 aromatic carbocycles. The van der Waals surface area contributed by atoms with E-state index >= 15 is 0 Å². The lowest BCUT2D eigenvalue weighted by atomic mass is 10.1. The van der Waals surface area contributed by atoms with Gasteiger partial charge in [0.25, 0.3) is 0 Å². The Morgan fingerprint density at radius 1 is 1.17 bits per heavy atom. The number of nitrogens with one attached hydrogen (secondary N) is 1. The number of anilines is 1. The summed E-state index contributed by atoms with van der Waals surface area (Å²) in [5.74, 6) is 0.475. The number of aromatic nitrogens is 4. The second-order valence-corrected chi connectivity index (χ2v) is 6.03. The maximum atomic E-state index is 6.11. The molecule has 0 aliphatic carbocycles. The van der Waals surface area contributed by atoms with Crippen LogP contribution in [0.2, 0.25) is 0 Å². The molecule has 0 spiro atoms. The lowest BCUT2D eigenvalue weighted by Crippen LogP contribution is -2.32. The molecule has 0 saturated carbocycles. The summed E-state index contributed by atoms with van der Waals surface area (Å²) >= 11 is 0. The molecule has 2 aromatic heterocycles. The number of nitrogens with zero attached hydrogens (tertiary/aromatic N) is 4. The van der Waals surface area contributed by atoms with Crippen LogP contribution in [-0.2, 0) is 0 Å². The van der Waals surface area contributed by atoms with E-state index in [-0.39, 0.29) is 0 Å². The summed E-state index contributed by atoms with van der Waals surface area (Å²) in [6, 6.07) is 10.4. The first-order chi connectivity index (χ1) is 11.8. The second-order valence-electron chi connectivity index (χ2n) is 6.03. The van der Waals surface area contributed by atoms with E-state index in [0.29, 0.717) is 11.9 Å². The first-order valence-electron chi connectivity index (χ1n) is 8.25. The Hall–Kier alpha value is -2.73. The van der Waals surface area contributed by atoms with E-state index < -0.39 is 0 Å². The Morgan fingerprint density at radius 2 is 2.04 bits per heavy atom. The van der Waals surface area contributed by atoms with Gasteiger partial charge in [0.1, 0.15) is 12.1 Å². The van der Waals surface area contributed by atoms with Crippen molar-refractivity contribution in [3.63, 3.8) is 0 Å². The zero-order valence-corrected chi connectivity index (χ0v) is 13.4. The fraction of sp³-hybridized carbons (Fsp3) is 0.278. The van der Waals surface area contributed by atoms with Crippen LogP contribution in [0, 0.1) is 0 Å². The summed E-state index contributed by atoms with van der Waals surface area (Å²) < 4.78 is 2.00. The van der Waals surface area contributed by atoms with Crippen molar-refractivity contribution in [2.75, 3.05) is 18.8 Å². The SMILES string of the molecule is Nc1ncnc2c1c(C=Cc1ccccc1)nn2C1CCCNC1. The molecule has 0 amide bonds. The van der Waals surface area contributed by atoms with Crippen molar-refractivity contribution in [3.05, 3.63) is 47.9 Å². The highest BCUT2D eigenvalue weighted by Crippen LogP contribution is 2.27. The van der Waals surface area contributed by atoms with Crippen LogP contribution in [0.3, 0.4) is 0 Å². The van der Waals surface area contributed by atoms with Crippen molar-refractivity contribution >= 4 is 29.0 Å². The average Bonchev–Trinajstić information content (AvgIpc) is 3.02. The summed E-state index contributed by atoms with van der Waals surface area (Å²) in [4.78, 5) is 8.59. The van der Waals surface area contributed by atoms with Crippen LogP contribution in [-0.4, -0.2) is 32.8 Å². The summed E-state index contributed by atoms with van der Waals surface area (Å²) in [7, 11) is 0. The molecule has 3 N–H and O–H groups in total. The fourth-order valence-electron chi connectivity index (χ4n) is 3.18. The van der Waals surface area contributed by atoms with Gasteiger partial charge in [-0.25, -0.2) is 14.6 Å². The van der Waals surface area contributed by atoms with Gasteiger partial charge < -0.3 is 11.1 Å². The third-order valence-electron chi connectivity index (χ3n) is 4.40. The van der Waals surface area contributed by atoms with Crippen molar-refractivity contribution in [2.24, 2.45) is 0 Å². The number of benzene rings is 1. The lowest BCUT2D eigenvalue weighted by molar-refractivity contribution is 0.353. The Kier molecular flexibility index (Phi) is 3.96. The van der Waals surface area contributed by atoms with Crippen LogP contribution < -0.4 is 11.1 Å². The Balaban J connectivity index is 1.78. The van der Waals surface area contributed by atoms with Crippen molar-refractivity contribution in [1.82, 2.24) is 25.1 Å². The molecule has 1 aliphatic rings. The molecule has 1 atom stereocenters. The number of fused-ring (bicyclic) bond motifs is 1. The van der Waals surface area contributed by atoms with Gasteiger partial charge in [-0.2, -0.15) is 5.10 Å². The van der Waals surface area contributed by atoms with Crippen LogP contribution in [0.25, 0.3) is 23.2 Å². The maximum absolute atomic E-state index is 6.11. The van der Waals surface area contributed by atoms with Gasteiger partial charge in [-0.1, -0.05) is 36.4 Å². The molecular formula is C18H20N6. The minimum atomic E-state index is 0.300. The summed E-state index contributed by atoms with van der Waals surface area (Å²) in [6.07, 6.45) is 7.77. The van der Waals surface area contributed by atoms with E-state index in [1.807, 2.05) is 35.0 Å². The number of rotatable bonds is 3. The normalized spacial score (nSPS) is 18.4. The highest BCUT2D eigenvalue weighted by molar-refractivity contribution is 5.94. The molecule has 3 heterocycles. The number of nitrogens with two attached hydrogens (primary N) is 1. The molecule has 0 bridgehead atoms. The molecule has 122 valence electrons. The number of nitrogen functional groups attached to an aromatic ring is 1. The minimum absolute atomic E-state index is 0.300. The molecule has 24 heavy (non-hydrogen) atoms. The second kappa shape index (κ2) is 6.41. The number of piperidine rings is 1. The van der Waals surface area contributed by atoms with Gasteiger partial charge in [0.15, 0.2) is 5.65 Å². The van der Waals surface area contributed by atoms with Crippen LogP contribution >= 0.6 is 0 Å². The molecule has 1 unspecified atom stereocenters. The van der Waals surface area contributed by atoms with Crippen LogP contribution in [0.4, 0.5) is 5.82 Å². The molecule has 1 saturated heterocycles. The average molecular weight is 320 g/mol. The van der Waals surface area contributed by atoms with Gasteiger partial charge in [0.05, 0.1) is 17.1 Å². The first kappa shape index (κ1) is 14.8. The highest BCUT2D eigenvalue weighted by Gasteiger charge is 2.21. The van der Waals surface area contributed by atoms with Crippen molar-refractivity contribution < 1.29 is 0 Å². The molecule has 4 rings (SSSR count). The van der Waals surface area contributed by atoms with Crippen molar-refractivity contribution in [3.8, 4) is 0 Å². The van der Waals surface area contributed by atoms with E-state index in [4.69, 9.17) is 10.8 Å². The number of hydrogen-bond donors (Lipinski definition) is 2. The van der Waals surface area contributed by atoms with Crippen LogP contribution in [0.1, 0.15) is 30.1 Å². The third-order valence-corrected chi connectivity index (χ3v) is 4.40. The standard InChI is InChI=1S/C18H20N6/c19-17-16-15(9-8-13-5-2-1-3-6-13)23-24(18(16)22-12-21-17)14-7-4-10-20-11-14/h1-3,5-6,8-9,12,14,20H,4,7,10-11H2,(H2,19,21,22). The predicted octanol–water partition coefficient (Wildman–Crippen LogP) is 2.50. The van der Waals surface area contributed by atoms with Crippen molar-refractivity contribution in [2.45, 2.75) is 18.9 Å². The van der Waals surface area contributed by atoms with E-state index in [2.05, 4.69) is 27.4 Å². The van der Waals surface area contributed by atoms with Crippen LogP contribution in [0.15, 0.2) is 36.7 Å². The fourth-order valence-corrected chi connectivity index (χ4v) is 3.18. The predicted molar refractivity (Wildman–Crippen MR) is 96.2 cm³/mol. The minimum Gasteiger partial charge on any atom is -0.383 e. The highest BCUT2D eigenvalue weighted by atomic mass is 15.3. The number of hydrogen-bond acceptors (Lipinski definition) is 5. The molecule has 3 aromatic rings. The Bertz CT molecular complexity index is 862. The van der Waals surface area contributed by atoms with Crippen LogP contribution in [0.5, 0.6) is 0 Å². The Labute approximate surface area is 140 Å². The van der Waals surface area contributed by atoms with Gasteiger partial charge >= 0.3 is 0 Å². The zero-order valence-electron chi connectivity index (χ0n) is 13.4. The van der Waals surface area contributed by atoms with Gasteiger partial charge in [0, 0.05) is 6.54 Å². The lowest BCUT2D eigenvalue weighted by Gasteiger charge is -2.23. The topological polar surface area (TPSA) is 81.7 Å². The van der Waals surface area contributed by atoms with Gasteiger partial charge in [-0.3, -0.25) is 0 Å². The first-order valence-corrected chi connectivity index (χ1v) is 8.25. The monoisotopic (exact) mass is 320 g/mol.